The quantitative estimate of drug-likeness (QED) is 0.860. The maximum Gasteiger partial charge on any atom is 0.173 e. The molecule has 0 saturated heterocycles. The highest BCUT2D eigenvalue weighted by Gasteiger charge is 2.43. The fraction of sp³-hybridized carbons (Fsp3) is 0.357. The van der Waals surface area contributed by atoms with E-state index in [-0.39, 0.29) is 17.5 Å². The molecule has 0 amide bonds. The number of ketones is 1. The van der Waals surface area contributed by atoms with Crippen LogP contribution in [0.15, 0.2) is 28.7 Å². The average molecular weight is 293 g/mol. The number of carbonyl (C=O) groups excluding carboxylic acids is 1. The molecule has 0 radical (unpaired) electrons. The SMILES string of the molecule is O=C1C(Br)=C(c2ccc(O)cc2)[C@H]2CCC[C@@H]12. The van der Waals surface area contributed by atoms with Crippen LogP contribution in [0.2, 0.25) is 0 Å². The van der Waals surface area contributed by atoms with Crippen molar-refractivity contribution < 1.29 is 9.90 Å². The molecule has 1 saturated carbocycles. The second kappa shape index (κ2) is 3.98. The third-order valence-electron chi connectivity index (χ3n) is 3.85. The van der Waals surface area contributed by atoms with Gasteiger partial charge in [0.2, 0.25) is 0 Å². The molecule has 3 heteroatoms. The number of hydrogen-bond acceptors (Lipinski definition) is 2. The van der Waals surface area contributed by atoms with Crippen LogP contribution in [0.3, 0.4) is 0 Å². The third kappa shape index (κ3) is 1.64. The van der Waals surface area contributed by atoms with Crippen LogP contribution >= 0.6 is 15.9 Å². The van der Waals surface area contributed by atoms with E-state index in [0.29, 0.717) is 5.92 Å². The van der Waals surface area contributed by atoms with Crippen molar-refractivity contribution in [3.8, 4) is 5.75 Å². The molecule has 0 aromatic heterocycles. The van der Waals surface area contributed by atoms with Gasteiger partial charge < -0.3 is 5.11 Å². The average Bonchev–Trinajstić information content (AvgIpc) is 2.87. The van der Waals surface area contributed by atoms with E-state index >= 15 is 0 Å². The Morgan fingerprint density at radius 1 is 1.12 bits per heavy atom. The molecule has 0 unspecified atom stereocenters. The van der Waals surface area contributed by atoms with Crippen LogP contribution in [-0.4, -0.2) is 10.9 Å². The molecule has 0 bridgehead atoms. The Morgan fingerprint density at radius 3 is 2.47 bits per heavy atom. The van der Waals surface area contributed by atoms with Crippen LogP contribution in [0, 0.1) is 11.8 Å². The van der Waals surface area contributed by atoms with E-state index in [1.165, 1.54) is 0 Å². The minimum absolute atomic E-state index is 0.188. The minimum Gasteiger partial charge on any atom is -0.508 e. The van der Waals surface area contributed by atoms with Gasteiger partial charge in [0.25, 0.3) is 0 Å². The maximum absolute atomic E-state index is 12.1. The largest absolute Gasteiger partial charge is 0.508 e. The summed E-state index contributed by atoms with van der Waals surface area (Å²) in [4.78, 5) is 12.1. The van der Waals surface area contributed by atoms with Crippen molar-refractivity contribution in [2.75, 3.05) is 0 Å². The molecule has 1 aromatic rings. The predicted molar refractivity (Wildman–Crippen MR) is 69.8 cm³/mol. The first kappa shape index (κ1) is 11.0. The van der Waals surface area contributed by atoms with Gasteiger partial charge in [-0.2, -0.15) is 0 Å². The first-order valence-corrected chi connectivity index (χ1v) is 6.71. The van der Waals surface area contributed by atoms with Gasteiger partial charge in [-0.05, 0) is 58.0 Å². The lowest BCUT2D eigenvalue weighted by Crippen LogP contribution is -2.10. The highest BCUT2D eigenvalue weighted by Crippen LogP contribution is 2.51. The Balaban J connectivity index is 2.07. The smallest absolute Gasteiger partial charge is 0.173 e. The van der Waals surface area contributed by atoms with Crippen molar-refractivity contribution in [1.29, 1.82) is 0 Å². The normalized spacial score (nSPS) is 27.7. The molecule has 2 nitrogen and oxygen atoms in total. The molecular formula is C14H13BrO2. The second-order valence-electron chi connectivity index (χ2n) is 4.78. The molecule has 17 heavy (non-hydrogen) atoms. The van der Waals surface area contributed by atoms with Gasteiger partial charge in [-0.25, -0.2) is 0 Å². The van der Waals surface area contributed by atoms with E-state index in [1.54, 1.807) is 12.1 Å². The number of Topliss-reactive ketones (excluding diaryl/α,β-unsaturated/α-hetero) is 1. The van der Waals surface area contributed by atoms with E-state index in [0.717, 1.165) is 34.9 Å². The van der Waals surface area contributed by atoms with Crippen molar-refractivity contribution in [1.82, 2.24) is 0 Å². The van der Waals surface area contributed by atoms with Crippen molar-refractivity contribution in [2.24, 2.45) is 11.8 Å². The van der Waals surface area contributed by atoms with Crippen LogP contribution in [0.4, 0.5) is 0 Å². The van der Waals surface area contributed by atoms with Crippen LogP contribution < -0.4 is 0 Å². The molecule has 1 aromatic carbocycles. The molecule has 1 fully saturated rings. The first-order valence-electron chi connectivity index (χ1n) is 5.92. The molecular weight excluding hydrogens is 280 g/mol. The van der Waals surface area contributed by atoms with E-state index in [9.17, 15) is 9.90 Å². The number of phenols is 1. The van der Waals surface area contributed by atoms with Gasteiger partial charge in [-0.15, -0.1) is 0 Å². The third-order valence-corrected chi connectivity index (χ3v) is 4.67. The van der Waals surface area contributed by atoms with E-state index in [4.69, 9.17) is 0 Å². The molecule has 0 spiro atoms. The highest BCUT2D eigenvalue weighted by molar-refractivity contribution is 9.12. The number of halogens is 1. The van der Waals surface area contributed by atoms with Crippen LogP contribution in [-0.2, 0) is 4.79 Å². The Labute approximate surface area is 108 Å². The van der Waals surface area contributed by atoms with Gasteiger partial charge in [-0.3, -0.25) is 4.79 Å². The van der Waals surface area contributed by atoms with Gasteiger partial charge in [0.15, 0.2) is 5.78 Å². The Bertz CT molecular complexity index is 501. The monoisotopic (exact) mass is 292 g/mol. The molecule has 2 aliphatic rings. The van der Waals surface area contributed by atoms with Gasteiger partial charge in [0, 0.05) is 5.92 Å². The number of fused-ring (bicyclic) bond motifs is 1. The summed E-state index contributed by atoms with van der Waals surface area (Å²) >= 11 is 3.45. The van der Waals surface area contributed by atoms with E-state index in [2.05, 4.69) is 15.9 Å². The minimum atomic E-state index is 0.188. The standard InChI is InChI=1S/C14H13BrO2/c15-13-12(8-4-6-9(16)7-5-8)10-2-1-3-11(10)14(13)17/h4-7,10-11,16H,1-3H2/t10-,11+/m0/s1. The fourth-order valence-corrected chi connectivity index (χ4v) is 3.88. The van der Waals surface area contributed by atoms with Crippen LogP contribution in [0.5, 0.6) is 5.75 Å². The summed E-state index contributed by atoms with van der Waals surface area (Å²) in [5.41, 5.74) is 2.19. The van der Waals surface area contributed by atoms with Gasteiger partial charge >= 0.3 is 0 Å². The van der Waals surface area contributed by atoms with Crippen molar-refractivity contribution in [2.45, 2.75) is 19.3 Å². The lowest BCUT2D eigenvalue weighted by atomic mass is 9.90. The molecule has 2 atom stereocenters. The number of carbonyl (C=O) groups is 1. The summed E-state index contributed by atoms with van der Waals surface area (Å²) in [5.74, 6) is 1.09. The van der Waals surface area contributed by atoms with Crippen molar-refractivity contribution >= 4 is 27.3 Å². The lowest BCUT2D eigenvalue weighted by Gasteiger charge is -2.13. The zero-order chi connectivity index (χ0) is 12.0. The number of phenolic OH excluding ortho intramolecular Hbond substituents is 1. The summed E-state index contributed by atoms with van der Waals surface area (Å²) in [6, 6.07) is 7.13. The van der Waals surface area contributed by atoms with Crippen molar-refractivity contribution in [3.05, 3.63) is 34.3 Å². The zero-order valence-corrected chi connectivity index (χ0v) is 10.9. The predicted octanol–water partition coefficient (Wildman–Crippen LogP) is 3.50. The molecule has 1 N–H and O–H groups in total. The van der Waals surface area contributed by atoms with Crippen LogP contribution in [0.1, 0.15) is 24.8 Å². The lowest BCUT2D eigenvalue weighted by molar-refractivity contribution is -0.118. The van der Waals surface area contributed by atoms with Crippen molar-refractivity contribution in [3.63, 3.8) is 0 Å². The summed E-state index contributed by atoms with van der Waals surface area (Å²) in [5, 5.41) is 9.31. The fourth-order valence-electron chi connectivity index (χ4n) is 3.06. The zero-order valence-electron chi connectivity index (χ0n) is 9.32. The van der Waals surface area contributed by atoms with Gasteiger partial charge in [0.05, 0.1) is 4.48 Å². The summed E-state index contributed by atoms with van der Waals surface area (Å²) in [6.07, 6.45) is 3.25. The first-order chi connectivity index (χ1) is 8.18. The highest BCUT2D eigenvalue weighted by atomic mass is 79.9. The summed E-state index contributed by atoms with van der Waals surface area (Å²) in [7, 11) is 0. The van der Waals surface area contributed by atoms with E-state index < -0.39 is 0 Å². The Morgan fingerprint density at radius 2 is 1.76 bits per heavy atom. The number of benzene rings is 1. The number of rotatable bonds is 1. The van der Waals surface area contributed by atoms with E-state index in [1.807, 2.05) is 12.1 Å². The van der Waals surface area contributed by atoms with Gasteiger partial charge in [-0.1, -0.05) is 18.6 Å². The topological polar surface area (TPSA) is 37.3 Å². The molecule has 0 aliphatic heterocycles. The summed E-state index contributed by atoms with van der Waals surface area (Å²) in [6.45, 7) is 0. The Hall–Kier alpha value is -1.09. The molecule has 2 aliphatic carbocycles. The van der Waals surface area contributed by atoms with Crippen LogP contribution in [0.25, 0.3) is 5.57 Å². The number of hydrogen-bond donors (Lipinski definition) is 1. The molecule has 0 heterocycles. The number of allylic oxidation sites excluding steroid dienone is 2. The molecule has 3 rings (SSSR count). The summed E-state index contributed by atoms with van der Waals surface area (Å²) < 4.78 is 0.748. The maximum atomic E-state index is 12.1. The Kier molecular flexibility index (Phi) is 2.58. The van der Waals surface area contributed by atoms with Gasteiger partial charge in [0.1, 0.15) is 5.75 Å². The molecule has 88 valence electrons. The number of aromatic hydroxyl groups is 1. The second-order valence-corrected chi connectivity index (χ2v) is 5.58.